The fraction of sp³-hybridized carbons (Fsp3) is 0.0714. The first-order chi connectivity index (χ1) is 8.81. The lowest BCUT2D eigenvalue weighted by molar-refractivity contribution is 0.357. The summed E-state index contributed by atoms with van der Waals surface area (Å²) >= 11 is 6.06. The number of hydrogen-bond acceptors (Lipinski definition) is 3. The Labute approximate surface area is 111 Å². The molecule has 92 valence electrons. The molecule has 0 bridgehead atoms. The molecular formula is C14H13ClN2O. The highest BCUT2D eigenvalue weighted by Gasteiger charge is 2.06. The quantitative estimate of drug-likeness (QED) is 0.655. The molecule has 0 atom stereocenters. The van der Waals surface area contributed by atoms with Crippen molar-refractivity contribution in [1.82, 2.24) is 0 Å². The van der Waals surface area contributed by atoms with E-state index in [1.54, 1.807) is 6.07 Å². The molecule has 2 aromatic rings. The van der Waals surface area contributed by atoms with Crippen LogP contribution < -0.4 is 5.43 Å². The van der Waals surface area contributed by atoms with Gasteiger partial charge in [-0.25, -0.2) is 0 Å². The Morgan fingerprint density at radius 1 is 1.06 bits per heavy atom. The molecule has 4 heteroatoms. The lowest BCUT2D eigenvalue weighted by Gasteiger charge is -2.06. The first-order valence-electron chi connectivity index (χ1n) is 5.54. The van der Waals surface area contributed by atoms with E-state index in [2.05, 4.69) is 10.5 Å². The van der Waals surface area contributed by atoms with Gasteiger partial charge in [0, 0.05) is 10.6 Å². The van der Waals surface area contributed by atoms with Gasteiger partial charge in [0.05, 0.1) is 18.0 Å². The van der Waals surface area contributed by atoms with Crippen molar-refractivity contribution in [2.45, 2.75) is 0 Å². The van der Waals surface area contributed by atoms with E-state index in [1.807, 2.05) is 48.5 Å². The molecule has 0 aliphatic rings. The summed E-state index contributed by atoms with van der Waals surface area (Å²) in [5.74, 6) is 0. The van der Waals surface area contributed by atoms with Crippen LogP contribution in [0.1, 0.15) is 5.56 Å². The van der Waals surface area contributed by atoms with Crippen molar-refractivity contribution < 1.29 is 5.11 Å². The van der Waals surface area contributed by atoms with E-state index >= 15 is 0 Å². The van der Waals surface area contributed by atoms with Crippen molar-refractivity contribution in [3.63, 3.8) is 0 Å². The summed E-state index contributed by atoms with van der Waals surface area (Å²) < 4.78 is 0. The molecule has 0 spiro atoms. The Bertz CT molecular complexity index is 541. The molecule has 0 saturated heterocycles. The Morgan fingerprint density at radius 3 is 2.39 bits per heavy atom. The Morgan fingerprint density at radius 2 is 1.72 bits per heavy atom. The Hall–Kier alpha value is -1.84. The Kier molecular flexibility index (Phi) is 4.34. The largest absolute Gasteiger partial charge is 0.390 e. The average Bonchev–Trinajstić information content (AvgIpc) is 2.42. The monoisotopic (exact) mass is 260 g/mol. The van der Waals surface area contributed by atoms with Crippen molar-refractivity contribution in [2.75, 3.05) is 12.0 Å². The summed E-state index contributed by atoms with van der Waals surface area (Å²) in [5.41, 5.74) is 4.98. The molecule has 2 rings (SSSR count). The molecule has 2 aromatic carbocycles. The minimum atomic E-state index is -0.177. The van der Waals surface area contributed by atoms with Gasteiger partial charge in [0.15, 0.2) is 0 Å². The van der Waals surface area contributed by atoms with Gasteiger partial charge in [0.25, 0.3) is 0 Å². The summed E-state index contributed by atoms with van der Waals surface area (Å²) in [4.78, 5) is 0. The van der Waals surface area contributed by atoms with Crippen molar-refractivity contribution >= 4 is 23.0 Å². The minimum absolute atomic E-state index is 0.177. The van der Waals surface area contributed by atoms with Crippen LogP contribution in [0.4, 0.5) is 5.69 Å². The number of hydrazone groups is 1. The standard InChI is InChI=1S/C14H13ClN2O/c15-13-9-5-4-8-12(13)14(10-18)17-16-11-6-2-1-3-7-11/h1-9,16,18H,10H2/b17-14+. The predicted octanol–water partition coefficient (Wildman–Crippen LogP) is 3.15. The van der Waals surface area contributed by atoms with Gasteiger partial charge < -0.3 is 5.11 Å². The summed E-state index contributed by atoms with van der Waals surface area (Å²) in [6.45, 7) is -0.177. The lowest BCUT2D eigenvalue weighted by Crippen LogP contribution is -2.09. The molecule has 0 unspecified atom stereocenters. The van der Waals surface area contributed by atoms with Crippen LogP contribution in [-0.2, 0) is 0 Å². The number of para-hydroxylation sites is 1. The third-order valence-corrected chi connectivity index (χ3v) is 2.76. The van der Waals surface area contributed by atoms with E-state index in [9.17, 15) is 5.11 Å². The van der Waals surface area contributed by atoms with Crippen LogP contribution in [0.25, 0.3) is 0 Å². The second-order valence-corrected chi connectivity index (χ2v) is 4.08. The number of nitrogens with zero attached hydrogens (tertiary/aromatic N) is 1. The molecule has 2 N–H and O–H groups in total. The Balaban J connectivity index is 2.22. The summed E-state index contributed by atoms with van der Waals surface area (Å²) in [7, 11) is 0. The minimum Gasteiger partial charge on any atom is -0.390 e. The summed E-state index contributed by atoms with van der Waals surface area (Å²) in [5, 5.41) is 14.1. The predicted molar refractivity (Wildman–Crippen MR) is 75.1 cm³/mol. The zero-order valence-electron chi connectivity index (χ0n) is 9.68. The molecule has 0 heterocycles. The van der Waals surface area contributed by atoms with Gasteiger partial charge in [-0.05, 0) is 18.2 Å². The van der Waals surface area contributed by atoms with E-state index in [-0.39, 0.29) is 6.61 Å². The van der Waals surface area contributed by atoms with Gasteiger partial charge in [-0.1, -0.05) is 48.0 Å². The maximum absolute atomic E-state index is 9.35. The summed E-state index contributed by atoms with van der Waals surface area (Å²) in [6.07, 6.45) is 0. The van der Waals surface area contributed by atoms with Gasteiger partial charge in [-0.15, -0.1) is 0 Å². The van der Waals surface area contributed by atoms with Crippen LogP contribution in [0.5, 0.6) is 0 Å². The molecule has 0 fully saturated rings. The van der Waals surface area contributed by atoms with E-state index < -0.39 is 0 Å². The van der Waals surface area contributed by atoms with Crippen LogP contribution in [0.3, 0.4) is 0 Å². The second kappa shape index (κ2) is 6.19. The number of nitrogens with one attached hydrogen (secondary N) is 1. The molecule has 3 nitrogen and oxygen atoms in total. The molecular weight excluding hydrogens is 248 g/mol. The number of hydrogen-bond donors (Lipinski definition) is 2. The topological polar surface area (TPSA) is 44.6 Å². The average molecular weight is 261 g/mol. The molecule has 0 aromatic heterocycles. The van der Waals surface area contributed by atoms with Crippen molar-refractivity contribution in [3.8, 4) is 0 Å². The highest BCUT2D eigenvalue weighted by molar-refractivity contribution is 6.34. The lowest BCUT2D eigenvalue weighted by atomic mass is 10.1. The zero-order valence-corrected chi connectivity index (χ0v) is 10.4. The van der Waals surface area contributed by atoms with Crippen LogP contribution in [0.2, 0.25) is 5.02 Å². The number of benzene rings is 2. The third-order valence-electron chi connectivity index (χ3n) is 2.43. The smallest absolute Gasteiger partial charge is 0.0948 e. The number of halogens is 1. The van der Waals surface area contributed by atoms with E-state index in [4.69, 9.17) is 11.6 Å². The van der Waals surface area contributed by atoms with Crippen LogP contribution in [0.15, 0.2) is 59.7 Å². The molecule has 0 aliphatic heterocycles. The molecule has 0 saturated carbocycles. The maximum Gasteiger partial charge on any atom is 0.0948 e. The molecule has 0 radical (unpaired) electrons. The van der Waals surface area contributed by atoms with Crippen LogP contribution >= 0.6 is 11.6 Å². The van der Waals surface area contributed by atoms with Gasteiger partial charge in [-0.2, -0.15) is 5.10 Å². The first-order valence-corrected chi connectivity index (χ1v) is 5.92. The molecule has 0 amide bonds. The van der Waals surface area contributed by atoms with Crippen molar-refractivity contribution in [1.29, 1.82) is 0 Å². The first kappa shape index (κ1) is 12.6. The van der Waals surface area contributed by atoms with Gasteiger partial charge in [-0.3, -0.25) is 5.43 Å². The maximum atomic E-state index is 9.35. The van der Waals surface area contributed by atoms with Gasteiger partial charge >= 0.3 is 0 Å². The number of aliphatic hydroxyl groups is 1. The zero-order chi connectivity index (χ0) is 12.8. The fourth-order valence-electron chi connectivity index (χ4n) is 1.52. The number of rotatable bonds is 4. The molecule has 0 aliphatic carbocycles. The normalized spacial score (nSPS) is 11.3. The fourth-order valence-corrected chi connectivity index (χ4v) is 1.77. The third kappa shape index (κ3) is 3.09. The highest BCUT2D eigenvalue weighted by Crippen LogP contribution is 2.16. The van der Waals surface area contributed by atoms with Gasteiger partial charge in [0.2, 0.25) is 0 Å². The SMILES string of the molecule is OC/C(=N\Nc1ccccc1)c1ccccc1Cl. The summed E-state index contributed by atoms with van der Waals surface area (Å²) in [6, 6.07) is 16.8. The van der Waals surface area contributed by atoms with Crippen LogP contribution in [0, 0.1) is 0 Å². The van der Waals surface area contributed by atoms with E-state index in [1.165, 1.54) is 0 Å². The number of aliphatic hydroxyl groups excluding tert-OH is 1. The second-order valence-electron chi connectivity index (χ2n) is 3.67. The highest BCUT2D eigenvalue weighted by atomic mass is 35.5. The van der Waals surface area contributed by atoms with Crippen molar-refractivity contribution in [2.24, 2.45) is 5.10 Å². The van der Waals surface area contributed by atoms with Gasteiger partial charge in [0.1, 0.15) is 0 Å². The van der Waals surface area contributed by atoms with Crippen molar-refractivity contribution in [3.05, 3.63) is 65.2 Å². The van der Waals surface area contributed by atoms with E-state index in [0.29, 0.717) is 10.7 Å². The van der Waals surface area contributed by atoms with E-state index in [0.717, 1.165) is 11.3 Å². The number of anilines is 1. The molecule has 18 heavy (non-hydrogen) atoms. The van der Waals surface area contributed by atoms with Crippen LogP contribution in [-0.4, -0.2) is 17.4 Å².